The quantitative estimate of drug-likeness (QED) is 0.637. The van der Waals surface area contributed by atoms with Crippen molar-refractivity contribution in [2.24, 2.45) is 5.92 Å². The minimum atomic E-state index is -0.305. The minimum Gasteiger partial charge on any atom is -0.376 e. The number of nitrogens with zero attached hydrogens (tertiary/aromatic N) is 3. The monoisotopic (exact) mass is 367 g/mol. The summed E-state index contributed by atoms with van der Waals surface area (Å²) in [6, 6.07) is 10.8. The summed E-state index contributed by atoms with van der Waals surface area (Å²) in [6.45, 7) is 2.21. The number of hydrogen-bond donors (Lipinski definition) is 4. The van der Waals surface area contributed by atoms with Gasteiger partial charge in [0, 0.05) is 18.5 Å². The van der Waals surface area contributed by atoms with Crippen molar-refractivity contribution in [3.8, 4) is 0 Å². The van der Waals surface area contributed by atoms with E-state index in [1.54, 1.807) is 0 Å². The Morgan fingerprint density at radius 1 is 1.11 bits per heavy atom. The second-order valence-corrected chi connectivity index (χ2v) is 7.84. The Morgan fingerprint density at radius 2 is 1.96 bits per heavy atom. The van der Waals surface area contributed by atoms with Crippen LogP contribution in [0.25, 0.3) is 0 Å². The predicted octanol–water partition coefficient (Wildman–Crippen LogP) is 1.15. The molecule has 2 aliphatic heterocycles. The van der Waals surface area contributed by atoms with E-state index < -0.39 is 0 Å². The van der Waals surface area contributed by atoms with Crippen LogP contribution in [-0.4, -0.2) is 40.8 Å². The Balaban J connectivity index is 1.39. The first-order valence-corrected chi connectivity index (χ1v) is 9.63. The van der Waals surface area contributed by atoms with Gasteiger partial charge in [-0.05, 0) is 30.7 Å². The van der Waals surface area contributed by atoms with Crippen LogP contribution < -0.4 is 21.9 Å². The fourth-order valence-corrected chi connectivity index (χ4v) is 4.45. The van der Waals surface area contributed by atoms with Gasteiger partial charge in [0.1, 0.15) is 11.4 Å². The summed E-state index contributed by atoms with van der Waals surface area (Å²) in [5.74, 6) is 2.59. The molecule has 2 aromatic rings. The molecule has 3 fully saturated rings. The number of nitrogens with two attached hydrogens (primary N) is 1. The molecular weight excluding hydrogens is 342 g/mol. The minimum absolute atomic E-state index is 0.269. The van der Waals surface area contributed by atoms with Gasteiger partial charge >= 0.3 is 0 Å². The molecule has 27 heavy (non-hydrogen) atoms. The third-order valence-electron chi connectivity index (χ3n) is 6.05. The molecule has 0 bridgehead atoms. The number of benzene rings is 1. The molecule has 0 amide bonds. The molecule has 1 aromatic heterocycles. The first-order chi connectivity index (χ1) is 13.2. The number of hydrogen-bond acceptors (Lipinski definition) is 8. The first-order valence-electron chi connectivity index (χ1n) is 9.63. The average Bonchev–Trinajstić information content (AvgIpc) is 3.13. The van der Waals surface area contributed by atoms with E-state index in [2.05, 4.69) is 38.3 Å². The molecule has 5 N–H and O–H groups in total. The topological polar surface area (TPSA) is 110 Å². The average molecular weight is 367 g/mol. The van der Waals surface area contributed by atoms with E-state index in [0.29, 0.717) is 37.0 Å². The number of nitrogens with one attached hydrogen (secondary N) is 3. The van der Waals surface area contributed by atoms with E-state index >= 15 is 0 Å². The molecule has 2 saturated heterocycles. The lowest BCUT2D eigenvalue weighted by Gasteiger charge is -2.42. The maximum Gasteiger partial charge on any atom is 0.228 e. The molecule has 142 valence electrons. The Labute approximate surface area is 158 Å². The normalized spacial score (nSPS) is 29.0. The SMILES string of the molecule is Nc1nc(NC2(c3ccccc3)COC2)nc(C2CCC3CNNC3C2)n1. The van der Waals surface area contributed by atoms with Crippen molar-refractivity contribution in [2.75, 3.05) is 30.8 Å². The molecule has 3 heterocycles. The third kappa shape index (κ3) is 3.13. The number of ether oxygens (including phenoxy) is 1. The second-order valence-electron chi connectivity index (χ2n) is 7.84. The lowest BCUT2D eigenvalue weighted by atomic mass is 9.79. The standard InChI is InChI=1S/C19H25N7O/c20-17-22-16(12-6-7-13-9-21-26-15(13)8-12)23-18(24-17)25-19(10-27-11-19)14-4-2-1-3-5-14/h1-5,12-13,15,21,26H,6-11H2,(H3,20,22,23,24,25). The van der Waals surface area contributed by atoms with Crippen LogP contribution in [-0.2, 0) is 10.3 Å². The lowest BCUT2D eigenvalue weighted by Crippen LogP contribution is -2.53. The van der Waals surface area contributed by atoms with Gasteiger partial charge in [0.05, 0.1) is 13.2 Å². The molecule has 1 aliphatic carbocycles. The van der Waals surface area contributed by atoms with Crippen LogP contribution in [0, 0.1) is 5.92 Å². The van der Waals surface area contributed by atoms with Crippen molar-refractivity contribution in [1.82, 2.24) is 25.8 Å². The summed E-state index contributed by atoms with van der Waals surface area (Å²) in [5, 5.41) is 3.48. The van der Waals surface area contributed by atoms with Crippen molar-refractivity contribution in [1.29, 1.82) is 0 Å². The van der Waals surface area contributed by atoms with Crippen LogP contribution in [0.5, 0.6) is 0 Å². The highest BCUT2D eigenvalue weighted by atomic mass is 16.5. The number of hydrazine groups is 1. The fourth-order valence-electron chi connectivity index (χ4n) is 4.45. The number of anilines is 2. The smallest absolute Gasteiger partial charge is 0.228 e. The summed E-state index contributed by atoms with van der Waals surface area (Å²) in [7, 11) is 0. The first kappa shape index (κ1) is 16.9. The zero-order valence-corrected chi connectivity index (χ0v) is 15.2. The molecule has 8 heteroatoms. The van der Waals surface area contributed by atoms with Gasteiger partial charge in [0.25, 0.3) is 0 Å². The molecule has 3 atom stereocenters. The Bertz CT molecular complexity index is 811. The van der Waals surface area contributed by atoms with Gasteiger partial charge in [0.15, 0.2) is 0 Å². The highest BCUT2D eigenvalue weighted by Crippen LogP contribution is 2.37. The van der Waals surface area contributed by atoms with E-state index in [0.717, 1.165) is 25.2 Å². The van der Waals surface area contributed by atoms with Crippen LogP contribution in [0.1, 0.15) is 36.6 Å². The van der Waals surface area contributed by atoms with Crippen LogP contribution in [0.2, 0.25) is 0 Å². The Hall–Kier alpha value is -2.29. The van der Waals surface area contributed by atoms with Gasteiger partial charge in [-0.3, -0.25) is 10.9 Å². The summed E-state index contributed by atoms with van der Waals surface area (Å²) in [5.41, 5.74) is 13.5. The van der Waals surface area contributed by atoms with Crippen molar-refractivity contribution in [3.63, 3.8) is 0 Å². The molecule has 0 radical (unpaired) electrons. The van der Waals surface area contributed by atoms with E-state index in [1.165, 1.54) is 12.0 Å². The lowest BCUT2D eigenvalue weighted by molar-refractivity contribution is -0.0451. The van der Waals surface area contributed by atoms with E-state index in [1.807, 2.05) is 18.2 Å². The molecular formula is C19H25N7O. The van der Waals surface area contributed by atoms with Crippen molar-refractivity contribution in [3.05, 3.63) is 41.7 Å². The molecule has 8 nitrogen and oxygen atoms in total. The summed E-state index contributed by atoms with van der Waals surface area (Å²) in [4.78, 5) is 13.5. The van der Waals surface area contributed by atoms with Crippen LogP contribution >= 0.6 is 0 Å². The number of fused-ring (bicyclic) bond motifs is 1. The van der Waals surface area contributed by atoms with E-state index in [9.17, 15) is 0 Å². The summed E-state index contributed by atoms with van der Waals surface area (Å²) in [6.07, 6.45) is 3.28. The molecule has 5 rings (SSSR count). The van der Waals surface area contributed by atoms with Gasteiger partial charge in [-0.15, -0.1) is 0 Å². The predicted molar refractivity (Wildman–Crippen MR) is 102 cm³/mol. The maximum absolute atomic E-state index is 6.03. The van der Waals surface area contributed by atoms with Crippen LogP contribution in [0.15, 0.2) is 30.3 Å². The maximum atomic E-state index is 6.03. The van der Waals surface area contributed by atoms with Gasteiger partial charge < -0.3 is 15.8 Å². The van der Waals surface area contributed by atoms with Crippen LogP contribution in [0.4, 0.5) is 11.9 Å². The van der Waals surface area contributed by atoms with Gasteiger partial charge in [-0.25, -0.2) is 0 Å². The fraction of sp³-hybridized carbons (Fsp3) is 0.526. The van der Waals surface area contributed by atoms with Crippen molar-refractivity contribution < 1.29 is 4.74 Å². The highest BCUT2D eigenvalue weighted by Gasteiger charge is 2.41. The van der Waals surface area contributed by atoms with E-state index in [-0.39, 0.29) is 11.5 Å². The molecule has 0 spiro atoms. The zero-order valence-electron chi connectivity index (χ0n) is 15.2. The molecule has 3 unspecified atom stereocenters. The van der Waals surface area contributed by atoms with Gasteiger partial charge in [-0.2, -0.15) is 15.0 Å². The zero-order chi connectivity index (χ0) is 18.3. The summed E-state index contributed by atoms with van der Waals surface area (Å²) >= 11 is 0. The van der Waals surface area contributed by atoms with Crippen LogP contribution in [0.3, 0.4) is 0 Å². The Morgan fingerprint density at radius 3 is 2.74 bits per heavy atom. The van der Waals surface area contributed by atoms with E-state index in [4.69, 9.17) is 15.5 Å². The molecule has 3 aliphatic rings. The van der Waals surface area contributed by atoms with Crippen molar-refractivity contribution >= 4 is 11.9 Å². The number of aromatic nitrogens is 3. The Kier molecular flexibility index (Phi) is 4.18. The largest absolute Gasteiger partial charge is 0.376 e. The number of rotatable bonds is 4. The summed E-state index contributed by atoms with van der Waals surface area (Å²) < 4.78 is 5.51. The third-order valence-corrected chi connectivity index (χ3v) is 6.05. The highest BCUT2D eigenvalue weighted by molar-refractivity contribution is 5.41. The second kappa shape index (κ2) is 6.70. The van der Waals surface area contributed by atoms with Gasteiger partial charge in [-0.1, -0.05) is 30.3 Å². The molecule has 1 aromatic carbocycles. The number of nitrogen functional groups attached to an aromatic ring is 1. The van der Waals surface area contributed by atoms with Gasteiger partial charge in [0.2, 0.25) is 11.9 Å². The molecule has 1 saturated carbocycles. The van der Waals surface area contributed by atoms with Crippen molar-refractivity contribution in [2.45, 2.75) is 36.8 Å².